The lowest BCUT2D eigenvalue weighted by Gasteiger charge is -2.10. The van der Waals surface area contributed by atoms with Crippen molar-refractivity contribution in [2.45, 2.75) is 19.6 Å². The van der Waals surface area contributed by atoms with Gasteiger partial charge in [-0.3, -0.25) is 4.98 Å². The summed E-state index contributed by atoms with van der Waals surface area (Å²) in [5.74, 6) is 0.180. The smallest absolute Gasteiger partial charge is 0.364 e. The highest BCUT2D eigenvalue weighted by Gasteiger charge is 2.30. The molecule has 19 heavy (non-hydrogen) atoms. The van der Waals surface area contributed by atoms with Crippen LogP contribution in [0.2, 0.25) is 0 Å². The predicted octanol–water partition coefficient (Wildman–Crippen LogP) is 3.42. The molecule has 0 atom stereocenters. The monoisotopic (exact) mass is 267 g/mol. The summed E-state index contributed by atoms with van der Waals surface area (Å²) < 4.78 is 37.6. The molecule has 2 aromatic heterocycles. The van der Waals surface area contributed by atoms with E-state index in [4.69, 9.17) is 0 Å². The summed E-state index contributed by atoms with van der Waals surface area (Å²) in [6, 6.07) is 5.63. The molecule has 0 amide bonds. The summed E-state index contributed by atoms with van der Waals surface area (Å²) in [5, 5.41) is 2.84. The van der Waals surface area contributed by atoms with Gasteiger partial charge in [0.1, 0.15) is 5.82 Å². The second kappa shape index (κ2) is 5.26. The van der Waals surface area contributed by atoms with Crippen LogP contribution in [0.25, 0.3) is 0 Å². The van der Waals surface area contributed by atoms with Crippen molar-refractivity contribution in [1.82, 2.24) is 9.97 Å². The minimum absolute atomic E-state index is 0.180. The number of aromatic nitrogens is 2. The van der Waals surface area contributed by atoms with Crippen molar-refractivity contribution in [3.05, 3.63) is 53.5 Å². The second-order valence-electron chi connectivity index (χ2n) is 4.05. The zero-order valence-corrected chi connectivity index (χ0v) is 10.2. The molecule has 2 aromatic rings. The first-order chi connectivity index (χ1) is 8.97. The fourth-order valence-electron chi connectivity index (χ4n) is 1.58. The quantitative estimate of drug-likeness (QED) is 0.926. The molecule has 0 spiro atoms. The Labute approximate surface area is 108 Å². The number of rotatable bonds is 3. The summed E-state index contributed by atoms with van der Waals surface area (Å²) in [4.78, 5) is 8.01. The van der Waals surface area contributed by atoms with Crippen LogP contribution in [0.4, 0.5) is 19.0 Å². The third-order valence-corrected chi connectivity index (χ3v) is 2.64. The summed E-state index contributed by atoms with van der Waals surface area (Å²) in [5.41, 5.74) is 1.03. The minimum Gasteiger partial charge on any atom is -0.364 e. The van der Waals surface area contributed by atoms with Crippen LogP contribution in [0.3, 0.4) is 0 Å². The number of nitrogens with one attached hydrogen (secondary N) is 1. The molecule has 0 aliphatic carbocycles. The Morgan fingerprint density at radius 1 is 1.16 bits per heavy atom. The van der Waals surface area contributed by atoms with Gasteiger partial charge in [0.15, 0.2) is 0 Å². The van der Waals surface area contributed by atoms with E-state index in [2.05, 4.69) is 15.3 Å². The molecule has 0 aromatic carbocycles. The summed E-state index contributed by atoms with van der Waals surface area (Å²) in [6.07, 6.45) is -1.58. The molecule has 100 valence electrons. The SMILES string of the molecule is Cc1cccnc1CNc1cc(C(F)(F)F)ccn1. The Kier molecular flexibility index (Phi) is 3.69. The van der Waals surface area contributed by atoms with Gasteiger partial charge in [0, 0.05) is 12.4 Å². The van der Waals surface area contributed by atoms with Crippen molar-refractivity contribution in [1.29, 1.82) is 0 Å². The van der Waals surface area contributed by atoms with E-state index in [0.717, 1.165) is 29.6 Å². The van der Waals surface area contributed by atoms with Crippen LogP contribution in [0.15, 0.2) is 36.7 Å². The highest BCUT2D eigenvalue weighted by molar-refractivity contribution is 5.39. The second-order valence-corrected chi connectivity index (χ2v) is 4.05. The van der Waals surface area contributed by atoms with E-state index in [1.54, 1.807) is 12.3 Å². The van der Waals surface area contributed by atoms with Gasteiger partial charge in [-0.1, -0.05) is 6.07 Å². The first-order valence-corrected chi connectivity index (χ1v) is 5.64. The lowest BCUT2D eigenvalue weighted by atomic mass is 10.2. The summed E-state index contributed by atoms with van der Waals surface area (Å²) >= 11 is 0. The molecule has 0 aliphatic rings. The van der Waals surface area contributed by atoms with E-state index in [1.807, 2.05) is 13.0 Å². The molecule has 0 aliphatic heterocycles. The highest BCUT2D eigenvalue weighted by atomic mass is 19.4. The van der Waals surface area contributed by atoms with Crippen LogP contribution < -0.4 is 5.32 Å². The molecule has 0 unspecified atom stereocenters. The number of alkyl halides is 3. The van der Waals surface area contributed by atoms with Gasteiger partial charge in [0.2, 0.25) is 0 Å². The average molecular weight is 267 g/mol. The Balaban J connectivity index is 2.10. The Morgan fingerprint density at radius 3 is 2.63 bits per heavy atom. The molecule has 0 radical (unpaired) electrons. The number of nitrogens with zero attached hydrogens (tertiary/aromatic N) is 2. The lowest BCUT2D eigenvalue weighted by molar-refractivity contribution is -0.137. The van der Waals surface area contributed by atoms with Crippen molar-refractivity contribution in [2.75, 3.05) is 5.32 Å². The van der Waals surface area contributed by atoms with Gasteiger partial charge in [-0.2, -0.15) is 13.2 Å². The average Bonchev–Trinajstić information content (AvgIpc) is 2.37. The molecule has 2 rings (SSSR count). The van der Waals surface area contributed by atoms with Crippen molar-refractivity contribution in [2.24, 2.45) is 0 Å². The van der Waals surface area contributed by atoms with Crippen molar-refractivity contribution in [3.8, 4) is 0 Å². The van der Waals surface area contributed by atoms with Crippen LogP contribution in [-0.4, -0.2) is 9.97 Å². The number of hydrogen-bond acceptors (Lipinski definition) is 3. The van der Waals surface area contributed by atoms with Crippen molar-refractivity contribution >= 4 is 5.82 Å². The van der Waals surface area contributed by atoms with E-state index in [-0.39, 0.29) is 5.82 Å². The minimum atomic E-state index is -4.36. The number of hydrogen-bond donors (Lipinski definition) is 1. The largest absolute Gasteiger partial charge is 0.416 e. The molecular formula is C13H12F3N3. The molecule has 0 saturated carbocycles. The Bertz CT molecular complexity index is 567. The predicted molar refractivity (Wildman–Crippen MR) is 65.5 cm³/mol. The van der Waals surface area contributed by atoms with Gasteiger partial charge < -0.3 is 5.32 Å². The van der Waals surface area contributed by atoms with Gasteiger partial charge in [-0.15, -0.1) is 0 Å². The molecule has 3 nitrogen and oxygen atoms in total. The number of aryl methyl sites for hydroxylation is 1. The van der Waals surface area contributed by atoms with E-state index in [9.17, 15) is 13.2 Å². The maximum absolute atomic E-state index is 12.5. The van der Waals surface area contributed by atoms with Crippen LogP contribution >= 0.6 is 0 Å². The van der Waals surface area contributed by atoms with Crippen LogP contribution in [0, 0.1) is 6.92 Å². The van der Waals surface area contributed by atoms with E-state index in [0.29, 0.717) is 6.54 Å². The fourth-order valence-corrected chi connectivity index (χ4v) is 1.58. The van der Waals surface area contributed by atoms with Crippen molar-refractivity contribution < 1.29 is 13.2 Å². The third-order valence-electron chi connectivity index (χ3n) is 2.64. The number of halogens is 3. The maximum Gasteiger partial charge on any atom is 0.416 e. The number of anilines is 1. The molecule has 1 N–H and O–H groups in total. The third kappa shape index (κ3) is 3.43. The highest BCUT2D eigenvalue weighted by Crippen LogP contribution is 2.29. The Hall–Kier alpha value is -2.11. The van der Waals surface area contributed by atoms with Gasteiger partial charge in [-0.25, -0.2) is 4.98 Å². The molecule has 0 fully saturated rings. The molecule has 2 heterocycles. The van der Waals surface area contributed by atoms with Gasteiger partial charge >= 0.3 is 6.18 Å². The first kappa shape index (κ1) is 13.3. The molecule has 6 heteroatoms. The van der Waals surface area contributed by atoms with Crippen LogP contribution in [0.1, 0.15) is 16.8 Å². The zero-order chi connectivity index (χ0) is 13.9. The van der Waals surface area contributed by atoms with E-state index >= 15 is 0 Å². The van der Waals surface area contributed by atoms with E-state index < -0.39 is 11.7 Å². The Morgan fingerprint density at radius 2 is 1.95 bits per heavy atom. The topological polar surface area (TPSA) is 37.8 Å². The molecule has 0 bridgehead atoms. The normalized spacial score (nSPS) is 11.4. The molecule has 0 saturated heterocycles. The fraction of sp³-hybridized carbons (Fsp3) is 0.231. The van der Waals surface area contributed by atoms with Crippen LogP contribution in [-0.2, 0) is 12.7 Å². The standard InChI is InChI=1S/C13H12F3N3/c1-9-3-2-5-17-11(9)8-19-12-7-10(4-6-18-12)13(14,15)16/h2-7H,8H2,1H3,(H,18,19). The van der Waals surface area contributed by atoms with Gasteiger partial charge in [-0.05, 0) is 30.7 Å². The maximum atomic E-state index is 12.5. The summed E-state index contributed by atoms with van der Waals surface area (Å²) in [6.45, 7) is 2.23. The first-order valence-electron chi connectivity index (χ1n) is 5.64. The van der Waals surface area contributed by atoms with Gasteiger partial charge in [0.05, 0.1) is 17.8 Å². The zero-order valence-electron chi connectivity index (χ0n) is 10.2. The lowest BCUT2D eigenvalue weighted by Crippen LogP contribution is -2.08. The number of pyridine rings is 2. The van der Waals surface area contributed by atoms with Crippen LogP contribution in [0.5, 0.6) is 0 Å². The molecular weight excluding hydrogens is 255 g/mol. The van der Waals surface area contributed by atoms with Crippen molar-refractivity contribution in [3.63, 3.8) is 0 Å². The van der Waals surface area contributed by atoms with Gasteiger partial charge in [0.25, 0.3) is 0 Å². The summed E-state index contributed by atoms with van der Waals surface area (Å²) in [7, 11) is 0. The van der Waals surface area contributed by atoms with E-state index in [1.165, 1.54) is 0 Å².